The molecular weight excluding hydrogens is 274 g/mol. The predicted octanol–water partition coefficient (Wildman–Crippen LogP) is 5.46. The van der Waals surface area contributed by atoms with Crippen LogP contribution in [0.1, 0.15) is 64.1 Å². The van der Waals surface area contributed by atoms with Gasteiger partial charge in [-0.05, 0) is 48.6 Å². The number of hydrogen-bond acceptors (Lipinski definition) is 2. The van der Waals surface area contributed by atoms with Crippen molar-refractivity contribution in [2.24, 2.45) is 5.92 Å². The zero-order valence-electron chi connectivity index (χ0n) is 14.3. The maximum Gasteiger partial charge on any atom is 0.0411 e. The lowest BCUT2D eigenvalue weighted by Gasteiger charge is -2.19. The van der Waals surface area contributed by atoms with Crippen molar-refractivity contribution in [3.05, 3.63) is 35.4 Å². The first-order valence-corrected chi connectivity index (χ1v) is 9.72. The van der Waals surface area contributed by atoms with Gasteiger partial charge in [0, 0.05) is 11.8 Å². The first-order valence-electron chi connectivity index (χ1n) is 8.57. The summed E-state index contributed by atoms with van der Waals surface area (Å²) in [5.41, 5.74) is 2.90. The lowest BCUT2D eigenvalue weighted by Crippen LogP contribution is -2.24. The van der Waals surface area contributed by atoms with E-state index in [2.05, 4.69) is 69.0 Å². The number of rotatable bonds is 11. The number of thioether (sulfide) groups is 1. The van der Waals surface area contributed by atoms with Gasteiger partial charge in [-0.2, -0.15) is 11.8 Å². The Morgan fingerprint density at radius 1 is 1.05 bits per heavy atom. The molecule has 0 amide bonds. The van der Waals surface area contributed by atoms with Crippen molar-refractivity contribution in [2.45, 2.75) is 59.4 Å². The summed E-state index contributed by atoms with van der Waals surface area (Å²) >= 11 is 2.08. The summed E-state index contributed by atoms with van der Waals surface area (Å²) < 4.78 is 0. The predicted molar refractivity (Wildman–Crippen MR) is 98.3 cm³/mol. The van der Waals surface area contributed by atoms with Crippen LogP contribution < -0.4 is 5.32 Å². The molecule has 0 spiro atoms. The van der Waals surface area contributed by atoms with Crippen LogP contribution in [0.5, 0.6) is 0 Å². The summed E-state index contributed by atoms with van der Waals surface area (Å²) in [6.07, 6.45) is 5.00. The molecule has 0 bridgehead atoms. The van der Waals surface area contributed by atoms with Gasteiger partial charge in [-0.3, -0.25) is 0 Å². The largest absolute Gasteiger partial charge is 0.309 e. The van der Waals surface area contributed by atoms with Gasteiger partial charge < -0.3 is 5.32 Å². The fraction of sp³-hybridized carbons (Fsp3) is 0.684. The van der Waals surface area contributed by atoms with E-state index in [1.54, 1.807) is 0 Å². The van der Waals surface area contributed by atoms with Crippen molar-refractivity contribution in [1.82, 2.24) is 5.32 Å². The molecule has 0 fully saturated rings. The molecule has 0 aromatic heterocycles. The molecule has 1 nitrogen and oxygen atoms in total. The Morgan fingerprint density at radius 3 is 2.33 bits per heavy atom. The highest BCUT2D eigenvalue weighted by Gasteiger charge is 2.10. The van der Waals surface area contributed by atoms with Crippen molar-refractivity contribution in [3.63, 3.8) is 0 Å². The van der Waals surface area contributed by atoms with Crippen molar-refractivity contribution in [3.8, 4) is 0 Å². The third-order valence-electron chi connectivity index (χ3n) is 3.59. The molecule has 0 saturated heterocycles. The number of hydrogen-bond donors (Lipinski definition) is 1. The van der Waals surface area contributed by atoms with Crippen LogP contribution in [0.4, 0.5) is 0 Å². The molecule has 0 radical (unpaired) electrons. The molecule has 1 atom stereocenters. The molecule has 0 aliphatic rings. The summed E-state index contributed by atoms with van der Waals surface area (Å²) in [6, 6.07) is 9.77. The van der Waals surface area contributed by atoms with Crippen molar-refractivity contribution >= 4 is 11.8 Å². The summed E-state index contributed by atoms with van der Waals surface area (Å²) in [7, 11) is 0. The molecule has 0 aliphatic heterocycles. The van der Waals surface area contributed by atoms with E-state index in [1.807, 2.05) is 0 Å². The van der Waals surface area contributed by atoms with Crippen LogP contribution in [0, 0.1) is 5.92 Å². The van der Waals surface area contributed by atoms with Gasteiger partial charge in [-0.25, -0.2) is 0 Å². The van der Waals surface area contributed by atoms with Crippen molar-refractivity contribution in [2.75, 3.05) is 18.1 Å². The van der Waals surface area contributed by atoms with Crippen molar-refractivity contribution < 1.29 is 0 Å². The lowest BCUT2D eigenvalue weighted by molar-refractivity contribution is 0.576. The quantitative estimate of drug-likeness (QED) is 0.545. The van der Waals surface area contributed by atoms with Gasteiger partial charge in [0.05, 0.1) is 0 Å². The van der Waals surface area contributed by atoms with E-state index in [0.717, 1.165) is 12.5 Å². The Labute approximate surface area is 136 Å². The molecule has 2 heteroatoms. The first kappa shape index (κ1) is 18.6. The zero-order valence-corrected chi connectivity index (χ0v) is 15.1. The Hall–Kier alpha value is -0.470. The molecular formula is C19H33NS. The molecule has 21 heavy (non-hydrogen) atoms. The van der Waals surface area contributed by atoms with Crippen LogP contribution in [0.3, 0.4) is 0 Å². The summed E-state index contributed by atoms with van der Waals surface area (Å²) in [4.78, 5) is 0. The highest BCUT2D eigenvalue weighted by atomic mass is 32.2. The average molecular weight is 308 g/mol. The number of benzene rings is 1. The maximum atomic E-state index is 3.70. The third kappa shape index (κ3) is 7.92. The molecule has 0 heterocycles. The summed E-state index contributed by atoms with van der Waals surface area (Å²) in [5.74, 6) is 3.20. The number of nitrogens with one attached hydrogen (secondary N) is 1. The van der Waals surface area contributed by atoms with Crippen LogP contribution >= 0.6 is 11.8 Å². The molecule has 1 N–H and O–H groups in total. The fourth-order valence-electron chi connectivity index (χ4n) is 2.40. The SMILES string of the molecule is CCCCSCC(NCCC)c1ccc(CC(C)C)cc1. The average Bonchev–Trinajstić information content (AvgIpc) is 2.47. The minimum atomic E-state index is 0.500. The van der Waals surface area contributed by atoms with Crippen LogP contribution in [0.2, 0.25) is 0 Å². The van der Waals surface area contributed by atoms with Gasteiger partial charge in [0.15, 0.2) is 0 Å². The van der Waals surface area contributed by atoms with Gasteiger partial charge in [0.25, 0.3) is 0 Å². The Bertz CT molecular complexity index is 358. The van der Waals surface area contributed by atoms with Crippen LogP contribution in [-0.4, -0.2) is 18.1 Å². The molecule has 0 aliphatic carbocycles. The standard InChI is InChI=1S/C19H33NS/c1-5-7-13-21-15-19(20-12-6-2)18-10-8-17(9-11-18)14-16(3)4/h8-11,16,19-20H,5-7,12-15H2,1-4H3. The Kier molecular flexibility index (Phi) is 9.86. The van der Waals surface area contributed by atoms with E-state index < -0.39 is 0 Å². The summed E-state index contributed by atoms with van der Waals surface area (Å²) in [5, 5.41) is 3.70. The molecule has 0 saturated carbocycles. The smallest absolute Gasteiger partial charge is 0.0411 e. The third-order valence-corrected chi connectivity index (χ3v) is 4.74. The highest BCUT2D eigenvalue weighted by molar-refractivity contribution is 7.99. The van der Waals surface area contributed by atoms with E-state index >= 15 is 0 Å². The molecule has 1 aromatic rings. The minimum Gasteiger partial charge on any atom is -0.309 e. The highest BCUT2D eigenvalue weighted by Crippen LogP contribution is 2.21. The van der Waals surface area contributed by atoms with Gasteiger partial charge in [0.2, 0.25) is 0 Å². The first-order chi connectivity index (χ1) is 10.2. The second-order valence-electron chi connectivity index (χ2n) is 6.27. The topological polar surface area (TPSA) is 12.0 Å². The van der Waals surface area contributed by atoms with Crippen LogP contribution in [0.15, 0.2) is 24.3 Å². The van der Waals surface area contributed by atoms with E-state index in [0.29, 0.717) is 6.04 Å². The fourth-order valence-corrected chi connectivity index (χ4v) is 3.60. The van der Waals surface area contributed by atoms with E-state index in [9.17, 15) is 0 Å². The number of unbranched alkanes of at least 4 members (excludes halogenated alkanes) is 1. The van der Waals surface area contributed by atoms with Crippen LogP contribution in [0.25, 0.3) is 0 Å². The second kappa shape index (κ2) is 11.1. The molecule has 1 unspecified atom stereocenters. The van der Waals surface area contributed by atoms with Crippen molar-refractivity contribution in [1.29, 1.82) is 0 Å². The lowest BCUT2D eigenvalue weighted by atomic mass is 10.00. The van der Waals surface area contributed by atoms with Gasteiger partial charge in [0.1, 0.15) is 0 Å². The van der Waals surface area contributed by atoms with Crippen LogP contribution in [-0.2, 0) is 6.42 Å². The molecule has 120 valence electrons. The summed E-state index contributed by atoms with van der Waals surface area (Å²) in [6.45, 7) is 10.2. The van der Waals surface area contributed by atoms with E-state index in [1.165, 1.54) is 48.3 Å². The Balaban J connectivity index is 2.59. The monoisotopic (exact) mass is 307 g/mol. The van der Waals surface area contributed by atoms with E-state index in [-0.39, 0.29) is 0 Å². The molecule has 1 aromatic carbocycles. The second-order valence-corrected chi connectivity index (χ2v) is 7.42. The zero-order chi connectivity index (χ0) is 15.5. The Morgan fingerprint density at radius 2 is 1.76 bits per heavy atom. The maximum absolute atomic E-state index is 3.70. The van der Waals surface area contributed by atoms with E-state index in [4.69, 9.17) is 0 Å². The van der Waals surface area contributed by atoms with Gasteiger partial charge >= 0.3 is 0 Å². The van der Waals surface area contributed by atoms with Gasteiger partial charge in [-0.15, -0.1) is 0 Å². The minimum absolute atomic E-state index is 0.500. The van der Waals surface area contributed by atoms with Gasteiger partial charge in [-0.1, -0.05) is 58.4 Å². The molecule has 1 rings (SSSR count). The normalized spacial score (nSPS) is 12.8.